The Labute approximate surface area is 110 Å². The summed E-state index contributed by atoms with van der Waals surface area (Å²) in [5, 5.41) is 0. The van der Waals surface area contributed by atoms with Crippen molar-refractivity contribution in [1.82, 2.24) is 0 Å². The lowest BCUT2D eigenvalue weighted by Crippen LogP contribution is -2.18. The van der Waals surface area contributed by atoms with Gasteiger partial charge in [0.25, 0.3) is 0 Å². The first kappa shape index (κ1) is 14.8. The van der Waals surface area contributed by atoms with Gasteiger partial charge in [-0.1, -0.05) is 19.9 Å². The van der Waals surface area contributed by atoms with Crippen LogP contribution in [0.25, 0.3) is 0 Å². The molecule has 4 nitrogen and oxygen atoms in total. The van der Waals surface area contributed by atoms with Crippen molar-refractivity contribution in [2.45, 2.75) is 34.1 Å². The summed E-state index contributed by atoms with van der Waals surface area (Å²) in [5.74, 6) is 0.503. The number of nitrogens with two attached hydrogens (primary N) is 1. The van der Waals surface area contributed by atoms with Crippen LogP contribution in [-0.4, -0.2) is 14.2 Å². The molecule has 0 amide bonds. The minimum atomic E-state index is -3.29. The molecular weight excluding hydrogens is 248 g/mol. The quantitative estimate of drug-likeness (QED) is 0.808. The van der Waals surface area contributed by atoms with Gasteiger partial charge in [0.1, 0.15) is 0 Å². The third-order valence-corrected chi connectivity index (χ3v) is 4.27. The molecule has 0 fully saturated rings. The molecule has 1 aromatic rings. The van der Waals surface area contributed by atoms with Crippen molar-refractivity contribution >= 4 is 21.4 Å². The monoisotopic (exact) mass is 270 g/mol. The van der Waals surface area contributed by atoms with E-state index in [4.69, 9.17) is 5.73 Å². The van der Waals surface area contributed by atoms with Gasteiger partial charge < -0.3 is 5.73 Å². The number of hydrogen-bond donors (Lipinski definition) is 2. The molecule has 1 rings (SSSR count). The fourth-order valence-corrected chi connectivity index (χ4v) is 3.02. The van der Waals surface area contributed by atoms with E-state index >= 15 is 0 Å². The third kappa shape index (κ3) is 3.91. The summed E-state index contributed by atoms with van der Waals surface area (Å²) in [5.41, 5.74) is 8.83. The molecule has 0 spiro atoms. The van der Waals surface area contributed by atoms with Crippen molar-refractivity contribution in [1.29, 1.82) is 0 Å². The Bertz CT molecular complexity index is 522. The molecule has 0 aliphatic carbocycles. The van der Waals surface area contributed by atoms with Gasteiger partial charge in [-0.3, -0.25) is 4.72 Å². The number of rotatable bonds is 5. The highest BCUT2D eigenvalue weighted by Gasteiger charge is 2.14. The smallest absolute Gasteiger partial charge is 0.232 e. The van der Waals surface area contributed by atoms with E-state index in [0.29, 0.717) is 23.7 Å². The molecule has 0 aromatic heterocycles. The SMILES string of the molecule is Cc1ccc(NS(=O)(=O)CCC(C)C)c(C)c1N. The number of benzene rings is 1. The van der Waals surface area contributed by atoms with E-state index in [-0.39, 0.29) is 5.75 Å². The number of nitrogen functional groups attached to an aromatic ring is 1. The maximum atomic E-state index is 11.9. The van der Waals surface area contributed by atoms with Gasteiger partial charge in [0.2, 0.25) is 10.0 Å². The van der Waals surface area contributed by atoms with Gasteiger partial charge >= 0.3 is 0 Å². The second-order valence-corrected chi connectivity index (χ2v) is 6.91. The summed E-state index contributed by atoms with van der Waals surface area (Å²) in [6.45, 7) is 7.73. The molecule has 0 aliphatic rings. The molecule has 0 bridgehead atoms. The average molecular weight is 270 g/mol. The standard InChI is InChI=1S/C13H22N2O2S/c1-9(2)7-8-18(16,17)15-12-6-5-10(3)13(14)11(12)4/h5-6,9,15H,7-8,14H2,1-4H3. The topological polar surface area (TPSA) is 72.2 Å². The molecule has 3 N–H and O–H groups in total. The zero-order valence-corrected chi connectivity index (χ0v) is 12.3. The van der Waals surface area contributed by atoms with Gasteiger partial charge in [-0.2, -0.15) is 0 Å². The molecule has 0 atom stereocenters. The van der Waals surface area contributed by atoms with Crippen LogP contribution in [0.2, 0.25) is 0 Å². The molecule has 0 radical (unpaired) electrons. The van der Waals surface area contributed by atoms with Crippen LogP contribution < -0.4 is 10.5 Å². The second kappa shape index (κ2) is 5.61. The lowest BCUT2D eigenvalue weighted by Gasteiger charge is -2.14. The molecule has 5 heteroatoms. The molecule has 0 aliphatic heterocycles. The number of anilines is 2. The molecule has 0 unspecified atom stereocenters. The first-order chi connectivity index (χ1) is 8.23. The predicted octanol–water partition coefficient (Wildman–Crippen LogP) is 2.67. The van der Waals surface area contributed by atoms with Crippen molar-refractivity contribution in [2.24, 2.45) is 5.92 Å². The van der Waals surface area contributed by atoms with Crippen LogP contribution in [0.1, 0.15) is 31.4 Å². The van der Waals surface area contributed by atoms with Crippen LogP contribution in [0, 0.1) is 19.8 Å². The van der Waals surface area contributed by atoms with E-state index in [1.807, 2.05) is 33.8 Å². The van der Waals surface area contributed by atoms with Gasteiger partial charge in [-0.15, -0.1) is 0 Å². The molecule has 1 aromatic carbocycles. The van der Waals surface area contributed by atoms with Gasteiger partial charge in [-0.05, 0) is 43.4 Å². The van der Waals surface area contributed by atoms with Gasteiger partial charge in [0, 0.05) is 5.69 Å². The van der Waals surface area contributed by atoms with E-state index in [0.717, 1.165) is 11.1 Å². The predicted molar refractivity (Wildman–Crippen MR) is 77.2 cm³/mol. The summed E-state index contributed by atoms with van der Waals surface area (Å²) in [7, 11) is -3.29. The zero-order chi connectivity index (χ0) is 13.9. The second-order valence-electron chi connectivity index (χ2n) is 5.07. The van der Waals surface area contributed by atoms with Gasteiger partial charge in [-0.25, -0.2) is 8.42 Å². The maximum Gasteiger partial charge on any atom is 0.232 e. The number of hydrogen-bond acceptors (Lipinski definition) is 3. The Kier molecular flexibility index (Phi) is 4.62. The summed E-state index contributed by atoms with van der Waals surface area (Å²) in [4.78, 5) is 0. The summed E-state index contributed by atoms with van der Waals surface area (Å²) in [6, 6.07) is 3.58. The Hall–Kier alpha value is -1.23. The Morgan fingerprint density at radius 2 is 1.89 bits per heavy atom. The molecule has 0 heterocycles. The fraction of sp³-hybridized carbons (Fsp3) is 0.538. The minimum absolute atomic E-state index is 0.137. The van der Waals surface area contributed by atoms with E-state index < -0.39 is 10.0 Å². The van der Waals surface area contributed by atoms with Gasteiger partial charge in [0.05, 0.1) is 11.4 Å². The van der Waals surface area contributed by atoms with Crippen LogP contribution >= 0.6 is 0 Å². The Morgan fingerprint density at radius 3 is 2.44 bits per heavy atom. The van der Waals surface area contributed by atoms with E-state index in [1.165, 1.54) is 0 Å². The Balaban J connectivity index is 2.88. The summed E-state index contributed by atoms with van der Waals surface area (Å²) >= 11 is 0. The van der Waals surface area contributed by atoms with Gasteiger partial charge in [0.15, 0.2) is 0 Å². The molecule has 0 saturated heterocycles. The highest BCUT2D eigenvalue weighted by molar-refractivity contribution is 7.92. The van der Waals surface area contributed by atoms with Crippen molar-refractivity contribution in [3.63, 3.8) is 0 Å². The lowest BCUT2D eigenvalue weighted by molar-refractivity contribution is 0.578. The van der Waals surface area contributed by atoms with Crippen LogP contribution in [0.5, 0.6) is 0 Å². The fourth-order valence-electron chi connectivity index (χ4n) is 1.58. The molecule has 102 valence electrons. The van der Waals surface area contributed by atoms with E-state index in [1.54, 1.807) is 6.07 Å². The molecule has 0 saturated carbocycles. The van der Waals surface area contributed by atoms with Crippen molar-refractivity contribution < 1.29 is 8.42 Å². The van der Waals surface area contributed by atoms with Crippen molar-refractivity contribution in [3.8, 4) is 0 Å². The first-order valence-corrected chi connectivity index (χ1v) is 7.74. The Morgan fingerprint density at radius 1 is 1.28 bits per heavy atom. The largest absolute Gasteiger partial charge is 0.398 e. The highest BCUT2D eigenvalue weighted by atomic mass is 32.2. The van der Waals surface area contributed by atoms with E-state index in [2.05, 4.69) is 4.72 Å². The molecule has 18 heavy (non-hydrogen) atoms. The number of sulfonamides is 1. The zero-order valence-electron chi connectivity index (χ0n) is 11.4. The van der Waals surface area contributed by atoms with Crippen LogP contribution in [0.3, 0.4) is 0 Å². The number of nitrogens with one attached hydrogen (secondary N) is 1. The molecular formula is C13H22N2O2S. The highest BCUT2D eigenvalue weighted by Crippen LogP contribution is 2.25. The number of aryl methyl sites for hydroxylation is 1. The maximum absolute atomic E-state index is 11.9. The third-order valence-electron chi connectivity index (χ3n) is 2.96. The lowest BCUT2D eigenvalue weighted by atomic mass is 10.1. The average Bonchev–Trinajstić information content (AvgIpc) is 2.28. The van der Waals surface area contributed by atoms with Crippen LogP contribution in [0.15, 0.2) is 12.1 Å². The summed E-state index contributed by atoms with van der Waals surface area (Å²) in [6.07, 6.45) is 0.649. The van der Waals surface area contributed by atoms with Crippen molar-refractivity contribution in [2.75, 3.05) is 16.2 Å². The van der Waals surface area contributed by atoms with Crippen LogP contribution in [-0.2, 0) is 10.0 Å². The summed E-state index contributed by atoms with van der Waals surface area (Å²) < 4.78 is 26.4. The van der Waals surface area contributed by atoms with Crippen molar-refractivity contribution in [3.05, 3.63) is 23.3 Å². The van der Waals surface area contributed by atoms with Crippen LogP contribution in [0.4, 0.5) is 11.4 Å². The van der Waals surface area contributed by atoms with E-state index in [9.17, 15) is 8.42 Å². The first-order valence-electron chi connectivity index (χ1n) is 6.09. The normalized spacial score (nSPS) is 11.8. The minimum Gasteiger partial charge on any atom is -0.398 e.